The second-order valence-corrected chi connectivity index (χ2v) is 39.5. The average molecular weight is 1950 g/mol. The molecule has 8 N–H and O–H groups in total. The Bertz CT molecular complexity index is 6730. The zero-order valence-electron chi connectivity index (χ0n) is 70.5. The van der Waals surface area contributed by atoms with Crippen LogP contribution >= 0.6 is 58.0 Å². The fourth-order valence-corrected chi connectivity index (χ4v) is 18.6. The first-order valence-electron chi connectivity index (χ1n) is 40.2. The fourth-order valence-electron chi connectivity index (χ4n) is 15.7. The summed E-state index contributed by atoms with van der Waals surface area (Å²) < 4.78 is 141. The Labute approximate surface area is 782 Å². The highest BCUT2D eigenvalue weighted by Gasteiger charge is 2.40. The van der Waals surface area contributed by atoms with Crippen LogP contribution < -0.4 is 63.7 Å². The fraction of sp³-hybridized carbons (Fsp3) is 0.189. The molecule has 4 fully saturated rings. The van der Waals surface area contributed by atoms with Gasteiger partial charge in [0, 0.05) is 129 Å². The molecule has 26 nitrogen and oxygen atoms in total. The number of aryl methyl sites for hydroxylation is 3. The Hall–Kier alpha value is -12.0. The van der Waals surface area contributed by atoms with Crippen LogP contribution in [0, 0.1) is 37.9 Å². The Balaban J connectivity index is 0.000000149. The van der Waals surface area contributed by atoms with Crippen LogP contribution in [0.25, 0.3) is 0 Å². The van der Waals surface area contributed by atoms with Gasteiger partial charge in [-0.2, -0.15) is 5.26 Å². The molecule has 5 atom stereocenters. The first kappa shape index (κ1) is 96.6. The summed E-state index contributed by atoms with van der Waals surface area (Å²) in [5, 5.41) is 32.2. The summed E-state index contributed by atoms with van der Waals surface area (Å²) in [7, 11) is -12.2. The van der Waals surface area contributed by atoms with Crippen molar-refractivity contribution >= 4 is 139 Å². The van der Waals surface area contributed by atoms with Crippen LogP contribution in [0.2, 0.25) is 25.1 Å². The van der Waals surface area contributed by atoms with Crippen LogP contribution in [-0.2, 0) is 59.3 Å². The van der Waals surface area contributed by atoms with E-state index in [9.17, 15) is 62.5 Å². The van der Waals surface area contributed by atoms with Crippen molar-refractivity contribution < 1.29 is 85.7 Å². The van der Waals surface area contributed by atoms with E-state index < -0.39 is 45.9 Å². The number of methoxy groups -OCH3 is 2. The molecule has 3 saturated heterocycles. The van der Waals surface area contributed by atoms with Crippen LogP contribution in [0.4, 0.5) is 21.5 Å². The van der Waals surface area contributed by atoms with Gasteiger partial charge < -0.3 is 43.1 Å². The molecule has 0 radical (unpaired) electrons. The molecular formula is C95H84Cl5FN8O18S4. The molecule has 36 heteroatoms. The van der Waals surface area contributed by atoms with E-state index in [1.54, 1.807) is 131 Å². The summed E-state index contributed by atoms with van der Waals surface area (Å²) in [5.74, 6) is 3.03. The number of hydrogen-bond acceptors (Lipinski definition) is 19. The van der Waals surface area contributed by atoms with Crippen molar-refractivity contribution in [2.24, 2.45) is 20.6 Å². The Morgan fingerprint density at radius 1 is 0.374 bits per heavy atom. The molecule has 1 unspecified atom stereocenters. The summed E-state index contributed by atoms with van der Waals surface area (Å²) in [5.41, 5.74) is 9.08. The van der Waals surface area contributed by atoms with Gasteiger partial charge in [-0.25, -0.2) is 58.6 Å². The number of nitriles is 1. The van der Waals surface area contributed by atoms with E-state index in [2.05, 4.69) is 6.07 Å². The molecule has 3 aliphatic heterocycles. The summed E-state index contributed by atoms with van der Waals surface area (Å²) in [4.78, 5) is 56.0. The van der Waals surface area contributed by atoms with Crippen molar-refractivity contribution in [3.05, 3.63) is 324 Å². The van der Waals surface area contributed by atoms with Gasteiger partial charge in [-0.3, -0.25) is 19.2 Å². The van der Waals surface area contributed by atoms with E-state index in [-0.39, 0.29) is 114 Å². The van der Waals surface area contributed by atoms with Gasteiger partial charge in [0.15, 0.2) is 28.7 Å². The number of sulfonamides is 4. The van der Waals surface area contributed by atoms with E-state index >= 15 is 0 Å². The van der Waals surface area contributed by atoms with Crippen LogP contribution in [0.3, 0.4) is 0 Å². The average Bonchev–Trinajstić information content (AvgIpc) is 1.67. The first-order chi connectivity index (χ1) is 62.1. The maximum Gasteiger partial charge on any atom is 0.238 e. The molecule has 3 heterocycles. The molecule has 0 spiro atoms. The topological polar surface area (TPSA) is 398 Å². The number of anilines is 3. The SMILES string of the molecule is COc1ccc(C)cc1Oc1cc(Cl)ccc1[C@H]1CC(=O)N(c2ccc(S(N)(=O)=O)cc2)C1.COc1ccc(F)cc1Oc1cc(Cl)ccc1[C@H]1CC(=O)N(c2ccc(S(N)(=O)=O)cc2)C1.Cc1cccc(C)c1Oc1cc(Cl)ccc1[C@H]1CC(=O)C(c2ccc(S(N)(=O)=O)cc2)C1.N#Cc1cccc(Cl)c1Oc1cc(Cl)ccc1[C@H]1CC(=O)N(c2ccc(S(N)(=O)=O)cc2)C1. The summed E-state index contributed by atoms with van der Waals surface area (Å²) in [6, 6.07) is 67.3. The molecule has 3 amide bonds. The lowest BCUT2D eigenvalue weighted by Gasteiger charge is -2.19. The number of nitrogens with zero attached hydrogens (tertiary/aromatic N) is 4. The third-order valence-corrected chi connectivity index (χ3v) is 27.2. The summed E-state index contributed by atoms with van der Waals surface area (Å²) in [6.07, 6.45) is 1.68. The standard InChI is InChI=1S/C25H24ClNO4S.C24H23ClN2O5S.C23H17Cl2N3O4S.C23H20ClFN2O5S/c1-15-4-3-5-16(2)25(15)31-24-14-19(26)8-11-21(24)18-12-22(23(28)13-18)17-6-9-20(10-7-17)32(27,29)30;1-15-3-10-21(31-2)23(11-15)32-22-13-17(25)4-9-20(22)16-12-24(28)27(14-16)18-5-7-19(8-6-18)33(26,29)30;24-16-4-9-19(21(11-16)32-23-14(12-26)2-1-3-20(23)25)15-10-22(29)28(13-15)17-5-7-18(8-6-17)33(27,30)31;1-31-20-9-3-16(25)12-22(20)32-21-11-15(24)2-8-19(21)14-10-23(28)27(13-14)17-4-6-18(7-5-17)33(26,29)30/h3-11,14,18,22H,12-13H2,1-2H3,(H2,27,29,30);3-11,13,16H,12,14H2,1-2H3,(H2,26,29,30);1-9,11,15H,10,13H2,(H2,27,30,31);2-9,11-12,14H,10,13H2,1H3,(H2,26,29,30)/t18-,22?;16-;15-;14-/m1000/s1. The highest BCUT2D eigenvalue weighted by atomic mass is 35.5. The van der Waals surface area contributed by atoms with E-state index in [1.807, 2.05) is 75.4 Å². The third kappa shape index (κ3) is 23.5. The molecule has 131 heavy (non-hydrogen) atoms. The second kappa shape index (κ2) is 40.8. The molecule has 0 bridgehead atoms. The second-order valence-electron chi connectivity index (χ2n) is 31.1. The highest BCUT2D eigenvalue weighted by Crippen LogP contribution is 2.49. The summed E-state index contributed by atoms with van der Waals surface area (Å²) >= 11 is 31.1. The number of rotatable bonds is 22. The highest BCUT2D eigenvalue weighted by molar-refractivity contribution is 7.90. The minimum atomic E-state index is -3.83. The largest absolute Gasteiger partial charge is 0.493 e. The van der Waals surface area contributed by atoms with E-state index in [0.29, 0.717) is 110 Å². The minimum Gasteiger partial charge on any atom is -0.493 e. The van der Waals surface area contributed by atoms with Crippen LogP contribution in [0.1, 0.15) is 112 Å². The predicted octanol–water partition coefficient (Wildman–Crippen LogP) is 19.5. The maximum atomic E-state index is 13.8. The van der Waals surface area contributed by atoms with Gasteiger partial charge in [0.2, 0.25) is 57.8 Å². The maximum absolute atomic E-state index is 13.8. The van der Waals surface area contributed by atoms with Crippen molar-refractivity contribution in [2.75, 3.05) is 48.6 Å². The van der Waals surface area contributed by atoms with Gasteiger partial charge in [-0.15, -0.1) is 0 Å². The number of nitrogens with two attached hydrogens (primary N) is 4. The molecule has 1 saturated carbocycles. The van der Waals surface area contributed by atoms with Crippen LogP contribution in [0.5, 0.6) is 57.5 Å². The Morgan fingerprint density at radius 2 is 0.718 bits per heavy atom. The van der Waals surface area contributed by atoms with Crippen LogP contribution in [0.15, 0.2) is 262 Å². The number of primary sulfonamides is 4. The molecule has 4 aliphatic rings. The predicted molar refractivity (Wildman–Crippen MR) is 499 cm³/mol. The zero-order chi connectivity index (χ0) is 94.3. The third-order valence-electron chi connectivity index (χ3n) is 22.2. The van der Waals surface area contributed by atoms with Gasteiger partial charge in [0.25, 0.3) is 0 Å². The van der Waals surface area contributed by atoms with Gasteiger partial charge in [-0.1, -0.05) is 125 Å². The number of ketones is 1. The van der Waals surface area contributed by atoms with E-state index in [0.717, 1.165) is 50.3 Å². The van der Waals surface area contributed by atoms with Crippen molar-refractivity contribution in [1.82, 2.24) is 0 Å². The van der Waals surface area contributed by atoms with E-state index in [4.69, 9.17) is 107 Å². The monoisotopic (exact) mass is 1950 g/mol. The molecule has 678 valence electrons. The number of benzene rings is 12. The lowest BCUT2D eigenvalue weighted by Crippen LogP contribution is -2.24. The molecular weight excluding hydrogens is 1870 g/mol. The molecule has 16 rings (SSSR count). The molecule has 1 aliphatic carbocycles. The van der Waals surface area contributed by atoms with E-state index in [1.165, 1.54) is 86.0 Å². The van der Waals surface area contributed by atoms with Gasteiger partial charge in [0.1, 0.15) is 46.4 Å². The van der Waals surface area contributed by atoms with Crippen molar-refractivity contribution in [3.63, 3.8) is 0 Å². The van der Waals surface area contributed by atoms with Gasteiger partial charge in [-0.05, 0) is 231 Å². The van der Waals surface area contributed by atoms with Gasteiger partial charge in [0.05, 0.1) is 44.4 Å². The number of Topliss-reactive ketones (excluding diaryl/α,β-unsaturated/α-hetero) is 1. The smallest absolute Gasteiger partial charge is 0.238 e. The van der Waals surface area contributed by atoms with Gasteiger partial charge >= 0.3 is 0 Å². The number of carbonyl (C=O) groups is 4. The Kier molecular flexibility index (Phi) is 30.1. The first-order valence-corrected chi connectivity index (χ1v) is 48.3. The lowest BCUT2D eigenvalue weighted by atomic mass is 9.92. The number of para-hydroxylation sites is 2. The number of hydrogen-bond donors (Lipinski definition) is 4. The number of ether oxygens (including phenoxy) is 6. The molecule has 12 aromatic rings. The zero-order valence-corrected chi connectivity index (χ0v) is 77.5. The van der Waals surface area contributed by atoms with Crippen molar-refractivity contribution in [1.29, 1.82) is 5.26 Å². The normalized spacial score (nSPS) is 16.7. The Morgan fingerprint density at radius 3 is 1.09 bits per heavy atom. The molecule has 12 aromatic carbocycles. The quantitative estimate of drug-likeness (QED) is 0.0489. The number of carbonyl (C=O) groups excluding carboxylic acids is 4. The number of amides is 3. The minimum absolute atomic E-state index is 0.00469. The summed E-state index contributed by atoms with van der Waals surface area (Å²) in [6.45, 7) is 7.04. The van der Waals surface area contributed by atoms with Crippen molar-refractivity contribution in [3.8, 4) is 63.6 Å². The lowest BCUT2D eigenvalue weighted by molar-refractivity contribution is -0.119. The molecule has 0 aromatic heterocycles. The van der Waals surface area contributed by atoms with Crippen LogP contribution in [-0.4, -0.2) is 91.0 Å². The number of halogens is 6. The van der Waals surface area contributed by atoms with Crippen molar-refractivity contribution in [2.45, 2.75) is 102 Å².